The molecule has 0 bridgehead atoms. The fraction of sp³-hybridized carbons (Fsp3) is 0.500. The molecule has 1 aliphatic heterocycles. The van der Waals surface area contributed by atoms with E-state index in [1.54, 1.807) is 12.1 Å². The maximum Gasteiger partial charge on any atom is 0.128 e. The first-order chi connectivity index (χ1) is 7.75. The van der Waals surface area contributed by atoms with Crippen molar-refractivity contribution in [1.29, 1.82) is 0 Å². The third-order valence-electron chi connectivity index (χ3n) is 2.75. The Bertz CT molecular complexity index is 353. The molecular formula is C12H15ClFNO. The third kappa shape index (κ3) is 3.17. The van der Waals surface area contributed by atoms with Crippen LogP contribution in [0.5, 0.6) is 0 Å². The van der Waals surface area contributed by atoms with Gasteiger partial charge in [-0.1, -0.05) is 11.6 Å². The first-order valence-corrected chi connectivity index (χ1v) is 5.88. The molecule has 1 aromatic carbocycles. The van der Waals surface area contributed by atoms with Crippen LogP contribution in [0.3, 0.4) is 0 Å². The van der Waals surface area contributed by atoms with Gasteiger partial charge in [0.25, 0.3) is 0 Å². The highest BCUT2D eigenvalue weighted by atomic mass is 35.5. The number of benzene rings is 1. The van der Waals surface area contributed by atoms with Crippen molar-refractivity contribution in [2.75, 3.05) is 13.2 Å². The highest BCUT2D eigenvalue weighted by Crippen LogP contribution is 2.16. The van der Waals surface area contributed by atoms with Gasteiger partial charge in [-0.25, -0.2) is 4.39 Å². The molecule has 4 heteroatoms. The molecule has 0 aromatic heterocycles. The molecule has 16 heavy (non-hydrogen) atoms. The summed E-state index contributed by atoms with van der Waals surface area (Å²) in [5.41, 5.74) is 0.519. The van der Waals surface area contributed by atoms with E-state index in [2.05, 4.69) is 5.32 Å². The molecule has 1 fully saturated rings. The molecule has 2 rings (SSSR count). The largest absolute Gasteiger partial charge is 0.375 e. The van der Waals surface area contributed by atoms with Crippen LogP contribution in [0.15, 0.2) is 18.2 Å². The van der Waals surface area contributed by atoms with Crippen LogP contribution in [0.2, 0.25) is 5.02 Å². The number of halogens is 2. The van der Waals surface area contributed by atoms with E-state index in [1.165, 1.54) is 12.5 Å². The molecule has 0 saturated carbocycles. The SMILES string of the molecule is Fc1ccc(Cl)cc1COCC1CCCN1. The highest BCUT2D eigenvalue weighted by Gasteiger charge is 2.14. The van der Waals surface area contributed by atoms with Gasteiger partial charge < -0.3 is 10.1 Å². The van der Waals surface area contributed by atoms with E-state index in [0.29, 0.717) is 23.2 Å². The summed E-state index contributed by atoms with van der Waals surface area (Å²) < 4.78 is 18.8. The van der Waals surface area contributed by atoms with E-state index in [4.69, 9.17) is 16.3 Å². The Balaban J connectivity index is 1.82. The smallest absolute Gasteiger partial charge is 0.128 e. The first-order valence-electron chi connectivity index (χ1n) is 5.51. The Morgan fingerprint density at radius 3 is 3.12 bits per heavy atom. The zero-order chi connectivity index (χ0) is 11.4. The summed E-state index contributed by atoms with van der Waals surface area (Å²) in [5, 5.41) is 3.86. The zero-order valence-electron chi connectivity index (χ0n) is 9.01. The Morgan fingerprint density at radius 2 is 2.38 bits per heavy atom. The lowest BCUT2D eigenvalue weighted by atomic mass is 10.2. The van der Waals surface area contributed by atoms with Gasteiger partial charge in [0.1, 0.15) is 5.82 Å². The van der Waals surface area contributed by atoms with Gasteiger partial charge in [-0.2, -0.15) is 0 Å². The maximum atomic E-state index is 13.3. The highest BCUT2D eigenvalue weighted by molar-refractivity contribution is 6.30. The Labute approximate surface area is 99.7 Å². The lowest BCUT2D eigenvalue weighted by Gasteiger charge is -2.11. The van der Waals surface area contributed by atoms with Crippen molar-refractivity contribution in [3.63, 3.8) is 0 Å². The van der Waals surface area contributed by atoms with Gasteiger partial charge >= 0.3 is 0 Å². The van der Waals surface area contributed by atoms with Crippen molar-refractivity contribution >= 4 is 11.6 Å². The van der Waals surface area contributed by atoms with E-state index >= 15 is 0 Å². The van der Waals surface area contributed by atoms with Gasteiger partial charge in [0.2, 0.25) is 0 Å². The second-order valence-corrected chi connectivity index (χ2v) is 4.48. The van der Waals surface area contributed by atoms with Crippen LogP contribution < -0.4 is 5.32 Å². The van der Waals surface area contributed by atoms with Crippen LogP contribution in [0, 0.1) is 5.82 Å². The van der Waals surface area contributed by atoms with Crippen molar-refractivity contribution in [1.82, 2.24) is 5.32 Å². The first kappa shape index (κ1) is 11.8. The molecule has 1 saturated heterocycles. The van der Waals surface area contributed by atoms with Crippen molar-refractivity contribution < 1.29 is 9.13 Å². The van der Waals surface area contributed by atoms with Gasteiger partial charge in [0.05, 0.1) is 13.2 Å². The standard InChI is InChI=1S/C12H15ClFNO/c13-10-3-4-12(14)9(6-10)7-16-8-11-2-1-5-15-11/h3-4,6,11,15H,1-2,5,7-8H2. The van der Waals surface area contributed by atoms with Gasteiger partial charge in [-0.15, -0.1) is 0 Å². The molecule has 0 amide bonds. The fourth-order valence-electron chi connectivity index (χ4n) is 1.86. The molecule has 1 aromatic rings. The molecule has 0 radical (unpaired) electrons. The second-order valence-electron chi connectivity index (χ2n) is 4.04. The summed E-state index contributed by atoms with van der Waals surface area (Å²) in [6, 6.07) is 4.94. The number of hydrogen-bond donors (Lipinski definition) is 1. The minimum Gasteiger partial charge on any atom is -0.375 e. The minimum absolute atomic E-state index is 0.260. The number of hydrogen-bond acceptors (Lipinski definition) is 2. The van der Waals surface area contributed by atoms with E-state index in [-0.39, 0.29) is 12.4 Å². The van der Waals surface area contributed by atoms with E-state index in [1.807, 2.05) is 0 Å². The molecule has 88 valence electrons. The lowest BCUT2D eigenvalue weighted by molar-refractivity contribution is 0.101. The molecule has 1 atom stereocenters. The molecule has 0 aliphatic carbocycles. The van der Waals surface area contributed by atoms with Crippen LogP contribution in [-0.4, -0.2) is 19.2 Å². The average molecular weight is 244 g/mol. The van der Waals surface area contributed by atoms with Gasteiger partial charge in [-0.3, -0.25) is 0 Å². The van der Waals surface area contributed by atoms with E-state index < -0.39 is 0 Å². The minimum atomic E-state index is -0.260. The molecule has 0 spiro atoms. The number of nitrogens with one attached hydrogen (secondary N) is 1. The summed E-state index contributed by atoms with van der Waals surface area (Å²) in [7, 11) is 0. The molecule has 1 heterocycles. The fourth-order valence-corrected chi connectivity index (χ4v) is 2.06. The molecule has 1 N–H and O–H groups in total. The molecule has 1 unspecified atom stereocenters. The quantitative estimate of drug-likeness (QED) is 0.878. The van der Waals surface area contributed by atoms with Crippen LogP contribution in [0.25, 0.3) is 0 Å². The van der Waals surface area contributed by atoms with E-state index in [0.717, 1.165) is 13.0 Å². The predicted molar refractivity (Wildman–Crippen MR) is 62.1 cm³/mol. The van der Waals surface area contributed by atoms with Crippen LogP contribution in [0.1, 0.15) is 18.4 Å². The predicted octanol–water partition coefficient (Wildman–Crippen LogP) is 2.75. The Kier molecular flexibility index (Phi) is 4.16. The summed E-state index contributed by atoms with van der Waals surface area (Å²) in [5.74, 6) is -0.260. The molecule has 1 aliphatic rings. The van der Waals surface area contributed by atoms with E-state index in [9.17, 15) is 4.39 Å². The molecule has 2 nitrogen and oxygen atoms in total. The van der Waals surface area contributed by atoms with Gasteiger partial charge in [-0.05, 0) is 37.6 Å². The van der Waals surface area contributed by atoms with Crippen molar-refractivity contribution in [3.8, 4) is 0 Å². The third-order valence-corrected chi connectivity index (χ3v) is 2.98. The summed E-state index contributed by atoms with van der Waals surface area (Å²) in [6.45, 7) is 1.97. The van der Waals surface area contributed by atoms with Crippen LogP contribution >= 0.6 is 11.6 Å². The summed E-state index contributed by atoms with van der Waals surface area (Å²) in [4.78, 5) is 0. The summed E-state index contributed by atoms with van der Waals surface area (Å²) in [6.07, 6.45) is 2.33. The van der Waals surface area contributed by atoms with Crippen molar-refractivity contribution in [3.05, 3.63) is 34.6 Å². The topological polar surface area (TPSA) is 21.3 Å². The summed E-state index contributed by atoms with van der Waals surface area (Å²) >= 11 is 5.79. The lowest BCUT2D eigenvalue weighted by Crippen LogP contribution is -2.26. The van der Waals surface area contributed by atoms with Crippen molar-refractivity contribution in [2.24, 2.45) is 0 Å². The van der Waals surface area contributed by atoms with Crippen LogP contribution in [-0.2, 0) is 11.3 Å². The normalized spacial score (nSPS) is 20.2. The Hall–Kier alpha value is -0.640. The molecular weight excluding hydrogens is 229 g/mol. The number of rotatable bonds is 4. The maximum absolute atomic E-state index is 13.3. The van der Waals surface area contributed by atoms with Crippen molar-refractivity contribution in [2.45, 2.75) is 25.5 Å². The monoisotopic (exact) mass is 243 g/mol. The zero-order valence-corrected chi connectivity index (χ0v) is 9.77. The number of ether oxygens (including phenoxy) is 1. The van der Waals surface area contributed by atoms with Gasteiger partial charge in [0.15, 0.2) is 0 Å². The van der Waals surface area contributed by atoms with Gasteiger partial charge in [0, 0.05) is 16.6 Å². The Morgan fingerprint density at radius 1 is 1.50 bits per heavy atom. The van der Waals surface area contributed by atoms with Crippen LogP contribution in [0.4, 0.5) is 4.39 Å². The second kappa shape index (κ2) is 5.62. The average Bonchev–Trinajstić information content (AvgIpc) is 2.76.